The number of nitrogens with zero attached hydrogens (tertiary/aromatic N) is 1. The second kappa shape index (κ2) is 6.08. The highest BCUT2D eigenvalue weighted by atomic mass is 32.1. The third-order valence-electron chi connectivity index (χ3n) is 5.47. The second-order valence-electron chi connectivity index (χ2n) is 6.86. The van der Waals surface area contributed by atoms with Crippen molar-refractivity contribution in [2.24, 2.45) is 17.8 Å². The first-order valence-electron chi connectivity index (χ1n) is 8.58. The van der Waals surface area contributed by atoms with E-state index in [1.54, 1.807) is 0 Å². The van der Waals surface area contributed by atoms with E-state index in [1.165, 1.54) is 36.2 Å². The van der Waals surface area contributed by atoms with E-state index in [4.69, 9.17) is 0 Å². The number of anilines is 1. The van der Waals surface area contributed by atoms with Crippen LogP contribution in [0.25, 0.3) is 11.3 Å². The van der Waals surface area contributed by atoms with Crippen molar-refractivity contribution in [3.8, 4) is 11.3 Å². The summed E-state index contributed by atoms with van der Waals surface area (Å²) < 4.78 is 0. The molecule has 1 heterocycles. The summed E-state index contributed by atoms with van der Waals surface area (Å²) >= 11 is 1.52. The Balaban J connectivity index is 1.44. The van der Waals surface area contributed by atoms with E-state index in [2.05, 4.69) is 41.5 Å². The van der Waals surface area contributed by atoms with Crippen LogP contribution in [-0.2, 0) is 11.2 Å². The lowest BCUT2D eigenvalue weighted by atomic mass is 9.88. The van der Waals surface area contributed by atoms with Crippen molar-refractivity contribution in [1.82, 2.24) is 4.98 Å². The van der Waals surface area contributed by atoms with E-state index in [-0.39, 0.29) is 11.8 Å². The Morgan fingerprint density at radius 2 is 2.09 bits per heavy atom. The van der Waals surface area contributed by atoms with Crippen molar-refractivity contribution < 1.29 is 4.79 Å². The average molecular weight is 326 g/mol. The van der Waals surface area contributed by atoms with Gasteiger partial charge in [0.1, 0.15) is 0 Å². The molecular weight excluding hydrogens is 304 g/mol. The van der Waals surface area contributed by atoms with Crippen LogP contribution in [0.3, 0.4) is 0 Å². The Hall–Kier alpha value is -1.68. The standard InChI is InChI=1S/C19H22N2OS/c1-2-12-3-6-14(7-4-12)17-11-23-19(20-17)21-18(22)16-10-13-5-8-15(16)9-13/h3-4,6-7,11,13,15-16H,2,5,8-10H2,1H3,(H,20,21,22)/t13-,15-,16+/m1/s1. The Bertz CT molecular complexity index is 706. The van der Waals surface area contributed by atoms with Crippen molar-refractivity contribution in [1.29, 1.82) is 0 Å². The number of carbonyl (C=O) groups is 1. The van der Waals surface area contributed by atoms with Gasteiger partial charge in [-0.15, -0.1) is 11.3 Å². The number of aromatic nitrogens is 1. The van der Waals surface area contributed by atoms with Gasteiger partial charge in [-0.25, -0.2) is 4.98 Å². The summed E-state index contributed by atoms with van der Waals surface area (Å²) in [5.74, 6) is 1.80. The molecule has 2 aromatic rings. The average Bonchev–Trinajstić information content (AvgIpc) is 3.31. The fourth-order valence-electron chi connectivity index (χ4n) is 4.14. The first kappa shape index (κ1) is 14.9. The van der Waals surface area contributed by atoms with Gasteiger partial charge in [0.05, 0.1) is 5.69 Å². The van der Waals surface area contributed by atoms with Crippen molar-refractivity contribution in [2.75, 3.05) is 5.32 Å². The minimum absolute atomic E-state index is 0.180. The number of hydrogen-bond acceptors (Lipinski definition) is 3. The normalized spacial score (nSPS) is 25.7. The molecule has 0 aliphatic heterocycles. The lowest BCUT2D eigenvalue weighted by Gasteiger charge is -2.19. The number of benzene rings is 1. The van der Waals surface area contributed by atoms with Gasteiger partial charge in [0, 0.05) is 16.9 Å². The van der Waals surface area contributed by atoms with Crippen LogP contribution < -0.4 is 5.32 Å². The summed E-state index contributed by atoms with van der Waals surface area (Å²) in [5, 5.41) is 5.80. The predicted octanol–water partition coefficient (Wildman–Crippen LogP) is 4.75. The van der Waals surface area contributed by atoms with Crippen LogP contribution in [-0.4, -0.2) is 10.9 Å². The van der Waals surface area contributed by atoms with E-state index in [9.17, 15) is 4.79 Å². The molecule has 4 heteroatoms. The molecule has 2 fully saturated rings. The fourth-order valence-corrected chi connectivity index (χ4v) is 4.86. The van der Waals surface area contributed by atoms with E-state index in [0.717, 1.165) is 35.1 Å². The summed E-state index contributed by atoms with van der Waals surface area (Å²) in [7, 11) is 0. The highest BCUT2D eigenvalue weighted by Crippen LogP contribution is 2.48. The molecule has 2 saturated carbocycles. The number of nitrogens with one attached hydrogen (secondary N) is 1. The lowest BCUT2D eigenvalue weighted by Crippen LogP contribution is -2.27. The van der Waals surface area contributed by atoms with Gasteiger partial charge in [-0.3, -0.25) is 4.79 Å². The summed E-state index contributed by atoms with van der Waals surface area (Å²) in [5.41, 5.74) is 3.38. The molecule has 120 valence electrons. The zero-order chi connectivity index (χ0) is 15.8. The Kier molecular flexibility index (Phi) is 3.93. The molecule has 2 aliphatic rings. The van der Waals surface area contributed by atoms with Crippen LogP contribution in [0.2, 0.25) is 0 Å². The highest BCUT2D eigenvalue weighted by molar-refractivity contribution is 7.14. The van der Waals surface area contributed by atoms with Crippen molar-refractivity contribution >= 4 is 22.4 Å². The van der Waals surface area contributed by atoms with Gasteiger partial charge in [0.15, 0.2) is 5.13 Å². The number of fused-ring (bicyclic) bond motifs is 2. The van der Waals surface area contributed by atoms with Gasteiger partial charge in [0.25, 0.3) is 0 Å². The monoisotopic (exact) mass is 326 g/mol. The maximum Gasteiger partial charge on any atom is 0.229 e. The summed E-state index contributed by atoms with van der Waals surface area (Å²) in [4.78, 5) is 17.1. The zero-order valence-corrected chi connectivity index (χ0v) is 14.2. The Morgan fingerprint density at radius 3 is 2.74 bits per heavy atom. The van der Waals surface area contributed by atoms with Crippen molar-refractivity contribution in [3.05, 3.63) is 35.2 Å². The Morgan fingerprint density at radius 1 is 1.26 bits per heavy atom. The highest BCUT2D eigenvalue weighted by Gasteiger charge is 2.43. The third kappa shape index (κ3) is 2.92. The van der Waals surface area contributed by atoms with E-state index < -0.39 is 0 Å². The molecule has 4 rings (SSSR count). The van der Waals surface area contributed by atoms with Crippen molar-refractivity contribution in [2.45, 2.75) is 39.0 Å². The molecule has 23 heavy (non-hydrogen) atoms. The zero-order valence-electron chi connectivity index (χ0n) is 13.4. The largest absolute Gasteiger partial charge is 0.302 e. The molecule has 1 N–H and O–H groups in total. The molecule has 0 radical (unpaired) electrons. The SMILES string of the molecule is CCc1ccc(-c2csc(NC(=O)[C@H]3C[C@@H]4CC[C@@H]3C4)n2)cc1. The molecule has 1 aromatic heterocycles. The maximum atomic E-state index is 12.5. The fraction of sp³-hybridized carbons (Fsp3) is 0.474. The minimum Gasteiger partial charge on any atom is -0.302 e. The van der Waals surface area contributed by atoms with E-state index in [1.807, 2.05) is 5.38 Å². The number of thiazole rings is 1. The number of carbonyl (C=O) groups excluding carboxylic acids is 1. The molecular formula is C19H22N2OS. The summed E-state index contributed by atoms with van der Waals surface area (Å²) in [6.45, 7) is 2.15. The van der Waals surface area contributed by atoms with Gasteiger partial charge < -0.3 is 5.32 Å². The molecule has 0 saturated heterocycles. The maximum absolute atomic E-state index is 12.5. The first-order chi connectivity index (χ1) is 11.2. The summed E-state index contributed by atoms with van der Waals surface area (Å²) in [6, 6.07) is 8.50. The van der Waals surface area contributed by atoms with Crippen LogP contribution in [0, 0.1) is 17.8 Å². The van der Waals surface area contributed by atoms with Gasteiger partial charge in [-0.2, -0.15) is 0 Å². The quantitative estimate of drug-likeness (QED) is 0.881. The molecule has 0 spiro atoms. The lowest BCUT2D eigenvalue weighted by molar-refractivity contribution is -0.121. The molecule has 2 aliphatic carbocycles. The Labute approximate surface area is 141 Å². The van der Waals surface area contributed by atoms with E-state index in [0.29, 0.717) is 5.92 Å². The minimum atomic E-state index is 0.180. The van der Waals surface area contributed by atoms with Gasteiger partial charge in [-0.05, 0) is 43.1 Å². The molecule has 0 unspecified atom stereocenters. The van der Waals surface area contributed by atoms with Crippen LogP contribution >= 0.6 is 11.3 Å². The second-order valence-corrected chi connectivity index (χ2v) is 7.72. The topological polar surface area (TPSA) is 42.0 Å². The number of amides is 1. The number of aryl methyl sites for hydroxylation is 1. The van der Waals surface area contributed by atoms with Crippen LogP contribution in [0.1, 0.15) is 38.2 Å². The van der Waals surface area contributed by atoms with E-state index >= 15 is 0 Å². The molecule has 1 aromatic carbocycles. The van der Waals surface area contributed by atoms with Gasteiger partial charge in [0.2, 0.25) is 5.91 Å². The van der Waals surface area contributed by atoms with Crippen molar-refractivity contribution in [3.63, 3.8) is 0 Å². The first-order valence-corrected chi connectivity index (χ1v) is 9.46. The molecule has 3 atom stereocenters. The van der Waals surface area contributed by atoms with Gasteiger partial charge >= 0.3 is 0 Å². The molecule has 3 nitrogen and oxygen atoms in total. The van der Waals surface area contributed by atoms with Gasteiger partial charge in [-0.1, -0.05) is 37.6 Å². The predicted molar refractivity (Wildman–Crippen MR) is 94.5 cm³/mol. The smallest absolute Gasteiger partial charge is 0.229 e. The summed E-state index contributed by atoms with van der Waals surface area (Å²) in [6.07, 6.45) is 5.93. The van der Waals surface area contributed by atoms with Crippen LogP contribution in [0.4, 0.5) is 5.13 Å². The molecule has 2 bridgehead atoms. The molecule has 1 amide bonds. The van der Waals surface area contributed by atoms with Crippen LogP contribution in [0.15, 0.2) is 29.6 Å². The number of hydrogen-bond donors (Lipinski definition) is 1. The number of rotatable bonds is 4. The third-order valence-corrected chi connectivity index (χ3v) is 6.22. The van der Waals surface area contributed by atoms with Crippen LogP contribution in [0.5, 0.6) is 0 Å².